The Morgan fingerprint density at radius 1 is 1.16 bits per heavy atom. The summed E-state index contributed by atoms with van der Waals surface area (Å²) in [6.45, 7) is 5.38. The molecule has 130 valence electrons. The number of hydrogen-bond acceptors (Lipinski definition) is 5. The molecule has 1 saturated heterocycles. The number of aryl methyl sites for hydroxylation is 4. The molecule has 0 bridgehead atoms. The molecule has 1 aliphatic carbocycles. The minimum Gasteiger partial charge on any atom is -0.349 e. The smallest absolute Gasteiger partial charge is 0.141 e. The van der Waals surface area contributed by atoms with Gasteiger partial charge in [0.15, 0.2) is 0 Å². The number of thiophene rings is 1. The summed E-state index contributed by atoms with van der Waals surface area (Å²) in [5.41, 5.74) is 5.33. The average molecular weight is 353 g/mol. The largest absolute Gasteiger partial charge is 0.349 e. The first-order valence-electron chi connectivity index (χ1n) is 9.17. The lowest BCUT2D eigenvalue weighted by Gasteiger charge is -2.27. The van der Waals surface area contributed by atoms with Crippen molar-refractivity contribution in [3.8, 4) is 0 Å². The van der Waals surface area contributed by atoms with Crippen LogP contribution in [0.15, 0.2) is 6.33 Å². The van der Waals surface area contributed by atoms with Gasteiger partial charge in [0.05, 0.1) is 17.1 Å². The van der Waals surface area contributed by atoms with Crippen molar-refractivity contribution in [2.24, 2.45) is 7.05 Å². The van der Waals surface area contributed by atoms with Crippen LogP contribution in [0.4, 0.5) is 5.82 Å². The topological polar surface area (TPSA) is 46.8 Å². The summed E-state index contributed by atoms with van der Waals surface area (Å²) < 4.78 is 2.01. The van der Waals surface area contributed by atoms with E-state index in [0.717, 1.165) is 18.1 Å². The lowest BCUT2D eigenvalue weighted by Crippen LogP contribution is -2.25. The Bertz CT molecular complexity index is 970. The van der Waals surface area contributed by atoms with Crippen molar-refractivity contribution < 1.29 is 0 Å². The molecular weight excluding hydrogens is 330 g/mol. The molecule has 1 aliphatic heterocycles. The molecule has 0 radical (unpaired) electrons. The van der Waals surface area contributed by atoms with E-state index in [0.29, 0.717) is 6.04 Å². The maximum absolute atomic E-state index is 4.77. The molecule has 25 heavy (non-hydrogen) atoms. The Balaban J connectivity index is 1.67. The van der Waals surface area contributed by atoms with Crippen molar-refractivity contribution in [3.05, 3.63) is 33.7 Å². The van der Waals surface area contributed by atoms with E-state index in [4.69, 9.17) is 4.98 Å². The summed E-state index contributed by atoms with van der Waals surface area (Å²) in [4.78, 5) is 14.6. The fourth-order valence-electron chi connectivity index (χ4n) is 4.72. The molecule has 0 saturated carbocycles. The van der Waals surface area contributed by atoms with Gasteiger partial charge in [-0.3, -0.25) is 4.68 Å². The second kappa shape index (κ2) is 5.53. The first kappa shape index (κ1) is 15.3. The zero-order chi connectivity index (χ0) is 17.1. The van der Waals surface area contributed by atoms with Gasteiger partial charge in [-0.15, -0.1) is 11.3 Å². The lowest BCUT2D eigenvalue weighted by atomic mass is 10.0. The van der Waals surface area contributed by atoms with E-state index in [2.05, 4.69) is 28.8 Å². The van der Waals surface area contributed by atoms with E-state index in [1.165, 1.54) is 64.0 Å². The van der Waals surface area contributed by atoms with Gasteiger partial charge in [-0.1, -0.05) is 0 Å². The maximum atomic E-state index is 4.77. The van der Waals surface area contributed by atoms with Gasteiger partial charge in [0.2, 0.25) is 0 Å². The van der Waals surface area contributed by atoms with Crippen LogP contribution in [0.1, 0.15) is 52.7 Å². The number of nitrogens with zero attached hydrogens (tertiary/aromatic N) is 5. The van der Waals surface area contributed by atoms with Crippen molar-refractivity contribution in [2.45, 2.75) is 52.0 Å². The molecule has 0 N–H and O–H groups in total. The molecule has 3 aromatic heterocycles. The predicted octanol–water partition coefficient (Wildman–Crippen LogP) is 3.87. The minimum atomic E-state index is 0.378. The fraction of sp³-hybridized carbons (Fsp3) is 0.526. The van der Waals surface area contributed by atoms with Crippen LogP contribution in [0.25, 0.3) is 10.2 Å². The number of aromatic nitrogens is 4. The number of fused-ring (bicyclic) bond motifs is 3. The van der Waals surface area contributed by atoms with Crippen LogP contribution in [-0.2, 0) is 19.9 Å². The van der Waals surface area contributed by atoms with Gasteiger partial charge in [0.1, 0.15) is 17.0 Å². The second-order valence-electron chi connectivity index (χ2n) is 7.29. The van der Waals surface area contributed by atoms with Crippen LogP contribution in [-0.4, -0.2) is 26.3 Å². The standard InChI is InChI=1S/C19H23N5S/c1-11-16(12(2)23(3)22-11)14-7-5-9-24(14)18-17-13-6-4-8-15(13)25-19(17)21-10-20-18/h10,14H,4-9H2,1-3H3. The van der Waals surface area contributed by atoms with Crippen molar-refractivity contribution in [3.63, 3.8) is 0 Å². The Labute approximate surface area is 151 Å². The Morgan fingerprint density at radius 2 is 2.04 bits per heavy atom. The van der Waals surface area contributed by atoms with Gasteiger partial charge in [-0.05, 0) is 51.5 Å². The zero-order valence-corrected chi connectivity index (χ0v) is 15.9. The summed E-state index contributed by atoms with van der Waals surface area (Å²) >= 11 is 1.87. The van der Waals surface area contributed by atoms with Gasteiger partial charge < -0.3 is 4.90 Å². The van der Waals surface area contributed by atoms with Gasteiger partial charge in [-0.2, -0.15) is 5.10 Å². The Hall–Kier alpha value is -1.95. The molecule has 4 heterocycles. The van der Waals surface area contributed by atoms with E-state index < -0.39 is 0 Å². The summed E-state index contributed by atoms with van der Waals surface area (Å²) in [6, 6.07) is 0.378. The molecule has 6 heteroatoms. The van der Waals surface area contributed by atoms with Crippen LogP contribution in [0.2, 0.25) is 0 Å². The number of rotatable bonds is 2. The molecule has 1 unspecified atom stereocenters. The lowest BCUT2D eigenvalue weighted by molar-refractivity contribution is 0.694. The summed E-state index contributed by atoms with van der Waals surface area (Å²) in [5.74, 6) is 1.15. The SMILES string of the molecule is Cc1nn(C)c(C)c1C1CCCN1c1ncnc2sc3c(c12)CCC3. The van der Waals surface area contributed by atoms with Gasteiger partial charge in [-0.25, -0.2) is 9.97 Å². The third kappa shape index (κ3) is 2.16. The zero-order valence-electron chi connectivity index (χ0n) is 15.0. The van der Waals surface area contributed by atoms with Crippen molar-refractivity contribution in [1.82, 2.24) is 19.7 Å². The highest BCUT2D eigenvalue weighted by Crippen LogP contribution is 2.44. The van der Waals surface area contributed by atoms with E-state index >= 15 is 0 Å². The van der Waals surface area contributed by atoms with Crippen LogP contribution in [0.3, 0.4) is 0 Å². The van der Waals surface area contributed by atoms with Gasteiger partial charge in [0.25, 0.3) is 0 Å². The molecule has 1 fully saturated rings. The van der Waals surface area contributed by atoms with Crippen molar-refractivity contribution in [1.29, 1.82) is 0 Å². The second-order valence-corrected chi connectivity index (χ2v) is 8.38. The molecule has 5 nitrogen and oxygen atoms in total. The summed E-state index contributed by atoms with van der Waals surface area (Å²) in [7, 11) is 2.04. The molecule has 0 aromatic carbocycles. The highest BCUT2D eigenvalue weighted by atomic mass is 32.1. The molecule has 1 atom stereocenters. The monoisotopic (exact) mass is 353 g/mol. The molecule has 5 rings (SSSR count). The molecule has 0 spiro atoms. The minimum absolute atomic E-state index is 0.378. The molecule has 0 amide bonds. The number of hydrogen-bond donors (Lipinski definition) is 0. The summed E-state index contributed by atoms with van der Waals surface area (Å²) in [5, 5.41) is 5.98. The van der Waals surface area contributed by atoms with Gasteiger partial charge in [0, 0.05) is 29.7 Å². The Kier molecular flexibility index (Phi) is 3.39. The first-order valence-corrected chi connectivity index (χ1v) is 9.98. The molecule has 3 aromatic rings. The maximum Gasteiger partial charge on any atom is 0.141 e. The summed E-state index contributed by atoms with van der Waals surface area (Å²) in [6.07, 6.45) is 7.79. The molecular formula is C19H23N5S. The van der Waals surface area contributed by atoms with E-state index in [1.54, 1.807) is 6.33 Å². The highest BCUT2D eigenvalue weighted by molar-refractivity contribution is 7.19. The van der Waals surface area contributed by atoms with Crippen LogP contribution >= 0.6 is 11.3 Å². The first-order chi connectivity index (χ1) is 12.1. The highest BCUT2D eigenvalue weighted by Gasteiger charge is 2.33. The van der Waals surface area contributed by atoms with Crippen LogP contribution in [0, 0.1) is 13.8 Å². The fourth-order valence-corrected chi connectivity index (χ4v) is 5.95. The van der Waals surface area contributed by atoms with E-state index in [-0.39, 0.29) is 0 Å². The van der Waals surface area contributed by atoms with Crippen LogP contribution < -0.4 is 4.90 Å². The Morgan fingerprint density at radius 3 is 2.84 bits per heavy atom. The molecule has 2 aliphatic rings. The van der Waals surface area contributed by atoms with Crippen molar-refractivity contribution >= 4 is 27.4 Å². The number of anilines is 1. The normalized spacial score (nSPS) is 20.0. The average Bonchev–Trinajstić information content (AvgIpc) is 3.32. The third-order valence-corrected chi connectivity index (χ3v) is 7.10. The predicted molar refractivity (Wildman–Crippen MR) is 101 cm³/mol. The van der Waals surface area contributed by atoms with Crippen molar-refractivity contribution in [2.75, 3.05) is 11.4 Å². The van der Waals surface area contributed by atoms with Gasteiger partial charge >= 0.3 is 0 Å². The van der Waals surface area contributed by atoms with E-state index in [1.807, 2.05) is 23.1 Å². The van der Waals surface area contributed by atoms with Crippen LogP contribution in [0.5, 0.6) is 0 Å². The third-order valence-electron chi connectivity index (χ3n) is 5.90. The van der Waals surface area contributed by atoms with E-state index in [9.17, 15) is 0 Å². The quantitative estimate of drug-likeness (QED) is 0.702.